The van der Waals surface area contributed by atoms with E-state index >= 15 is 0 Å². The number of nitrogens with zero attached hydrogens (tertiary/aromatic N) is 2. The molecule has 0 aromatic heterocycles. The lowest BCUT2D eigenvalue weighted by Gasteiger charge is -2.31. The standard InChI is InChI=1S/C48H64N6O2/c55-47(51-37-16-12-33(13-17-37)26-30-53-43-20-21-44(53)40-9-2-1-8-39(40)43)49-28-24-35-6-5-7-36(32-35)25-29-50-48(56)52-38-18-14-34(15-19-38)27-31-54-45-22-23-46(54)42-11-4-3-10-41(42)45/h1-11,32-34,37-38,43-46H,12-31H2,(H2,49,51,55)(H2,50,52,56)/t33?,34?,37?,38?,43-,44+,45-,46+. The number of fused-ring (bicyclic) bond motifs is 10. The molecule has 298 valence electrons. The molecule has 3 aromatic rings. The SMILES string of the molecule is O=C(NCCc1cccc(CCNC(=O)NC2CCC(CCN3[C@@H]4CC[C@H]3c3ccccc34)CC2)c1)NC1CCC(CCN2[C@@H]3CC[C@H]2c2ccccc23)CC1. The third-order valence-electron chi connectivity index (χ3n) is 14.8. The van der Waals surface area contributed by atoms with Crippen molar-refractivity contribution in [1.82, 2.24) is 31.1 Å². The van der Waals surface area contributed by atoms with Crippen LogP contribution in [-0.4, -0.2) is 60.1 Å². The molecular formula is C48H64N6O2. The van der Waals surface area contributed by atoms with Gasteiger partial charge < -0.3 is 21.3 Å². The normalized spacial score (nSPS) is 29.1. The highest BCUT2D eigenvalue weighted by Crippen LogP contribution is 2.54. The zero-order valence-corrected chi connectivity index (χ0v) is 33.4. The van der Waals surface area contributed by atoms with Crippen molar-refractivity contribution in [3.05, 3.63) is 106 Å². The minimum Gasteiger partial charge on any atom is -0.338 e. The fourth-order valence-electron chi connectivity index (χ4n) is 11.8. The van der Waals surface area contributed by atoms with Crippen molar-refractivity contribution in [3.8, 4) is 0 Å². The Kier molecular flexibility index (Phi) is 11.7. The van der Waals surface area contributed by atoms with Gasteiger partial charge in [0.15, 0.2) is 0 Å². The minimum absolute atomic E-state index is 0.0418. The monoisotopic (exact) mass is 757 g/mol. The number of carbonyl (C=O) groups excluding carboxylic acids is 2. The molecule has 8 heteroatoms. The second-order valence-corrected chi connectivity index (χ2v) is 18.1. The Morgan fingerprint density at radius 1 is 0.482 bits per heavy atom. The van der Waals surface area contributed by atoms with Crippen LogP contribution in [0, 0.1) is 11.8 Å². The Morgan fingerprint density at radius 3 is 1.23 bits per heavy atom. The smallest absolute Gasteiger partial charge is 0.315 e. The molecule has 4 heterocycles. The topological polar surface area (TPSA) is 88.7 Å². The number of hydrogen-bond donors (Lipinski definition) is 4. The predicted molar refractivity (Wildman–Crippen MR) is 223 cm³/mol. The fourth-order valence-corrected chi connectivity index (χ4v) is 11.8. The Labute approximate surface area is 335 Å². The third-order valence-corrected chi connectivity index (χ3v) is 14.8. The van der Waals surface area contributed by atoms with Crippen molar-refractivity contribution in [2.24, 2.45) is 11.8 Å². The summed E-state index contributed by atoms with van der Waals surface area (Å²) in [4.78, 5) is 31.1. The van der Waals surface area contributed by atoms with E-state index in [1.165, 1.54) is 88.4 Å². The van der Waals surface area contributed by atoms with Gasteiger partial charge in [-0.2, -0.15) is 0 Å². The zero-order valence-electron chi connectivity index (χ0n) is 33.4. The van der Waals surface area contributed by atoms with E-state index in [-0.39, 0.29) is 24.1 Å². The van der Waals surface area contributed by atoms with Crippen LogP contribution in [0.1, 0.15) is 147 Å². The van der Waals surface area contributed by atoms with Crippen molar-refractivity contribution in [1.29, 1.82) is 0 Å². The highest BCUT2D eigenvalue weighted by molar-refractivity contribution is 5.74. The van der Waals surface area contributed by atoms with Gasteiger partial charge in [0, 0.05) is 49.3 Å². The first-order valence-electron chi connectivity index (χ1n) is 22.4. The summed E-state index contributed by atoms with van der Waals surface area (Å²) in [5.41, 5.74) is 8.73. The summed E-state index contributed by atoms with van der Waals surface area (Å²) in [5.74, 6) is 1.54. The minimum atomic E-state index is -0.0418. The quantitative estimate of drug-likeness (QED) is 0.132. The van der Waals surface area contributed by atoms with Crippen LogP contribution in [0.5, 0.6) is 0 Å². The van der Waals surface area contributed by atoms with Crippen LogP contribution in [0.4, 0.5) is 9.59 Å². The maximum absolute atomic E-state index is 12.8. The summed E-state index contributed by atoms with van der Waals surface area (Å²) in [5, 5.41) is 12.7. The molecule has 0 spiro atoms. The molecule has 4 atom stereocenters. The number of nitrogens with one attached hydrogen (secondary N) is 4. The average Bonchev–Trinajstić information content (AvgIpc) is 3.99. The molecular weight excluding hydrogens is 693 g/mol. The van der Waals surface area contributed by atoms with E-state index in [2.05, 4.69) is 104 Å². The van der Waals surface area contributed by atoms with Crippen LogP contribution >= 0.6 is 0 Å². The number of urea groups is 2. The van der Waals surface area contributed by atoms with Crippen molar-refractivity contribution in [2.75, 3.05) is 26.2 Å². The number of hydrogen-bond acceptors (Lipinski definition) is 4. The summed E-state index contributed by atoms with van der Waals surface area (Å²) < 4.78 is 0. The lowest BCUT2D eigenvalue weighted by atomic mass is 9.84. The molecule has 4 aliphatic heterocycles. The number of amides is 4. The first kappa shape index (κ1) is 37.7. The van der Waals surface area contributed by atoms with Crippen molar-refractivity contribution >= 4 is 12.1 Å². The molecule has 56 heavy (non-hydrogen) atoms. The first-order chi connectivity index (χ1) is 27.6. The predicted octanol–water partition coefficient (Wildman–Crippen LogP) is 9.05. The molecule has 4 fully saturated rings. The Hall–Kier alpha value is -3.88. The molecule has 6 aliphatic rings. The van der Waals surface area contributed by atoms with Gasteiger partial charge in [0.05, 0.1) is 0 Å². The fraction of sp³-hybridized carbons (Fsp3) is 0.583. The van der Waals surface area contributed by atoms with Gasteiger partial charge in [-0.15, -0.1) is 0 Å². The maximum atomic E-state index is 12.8. The molecule has 0 unspecified atom stereocenters. The molecule has 9 rings (SSSR count). The Bertz CT molecular complexity index is 1630. The van der Waals surface area contributed by atoms with E-state index in [1.54, 1.807) is 22.3 Å². The van der Waals surface area contributed by atoms with Crippen molar-refractivity contribution in [2.45, 2.75) is 139 Å². The Balaban J connectivity index is 0.611. The first-order valence-corrected chi connectivity index (χ1v) is 22.4. The van der Waals surface area contributed by atoms with Crippen LogP contribution in [0.25, 0.3) is 0 Å². The zero-order chi connectivity index (χ0) is 37.8. The average molecular weight is 757 g/mol. The van der Waals surface area contributed by atoms with Gasteiger partial charge in [-0.3, -0.25) is 9.80 Å². The van der Waals surface area contributed by atoms with Gasteiger partial charge >= 0.3 is 12.1 Å². The van der Waals surface area contributed by atoms with Gasteiger partial charge in [-0.25, -0.2) is 9.59 Å². The van der Waals surface area contributed by atoms with Crippen LogP contribution < -0.4 is 21.3 Å². The molecule has 2 saturated carbocycles. The number of carbonyl (C=O) groups is 2. The molecule has 2 saturated heterocycles. The largest absolute Gasteiger partial charge is 0.338 e. The highest BCUT2D eigenvalue weighted by atomic mass is 16.2. The van der Waals surface area contributed by atoms with E-state index in [9.17, 15) is 9.59 Å². The number of rotatable bonds is 14. The van der Waals surface area contributed by atoms with Gasteiger partial charge in [0.2, 0.25) is 0 Å². The third kappa shape index (κ3) is 8.38. The summed E-state index contributed by atoms with van der Waals surface area (Å²) in [6.07, 6.45) is 18.6. The lowest BCUT2D eigenvalue weighted by molar-refractivity contribution is 0.185. The number of benzene rings is 3. The van der Waals surface area contributed by atoms with E-state index in [1.807, 2.05) is 0 Å². The summed E-state index contributed by atoms with van der Waals surface area (Å²) in [7, 11) is 0. The van der Waals surface area contributed by atoms with Crippen LogP contribution in [0.15, 0.2) is 72.8 Å². The van der Waals surface area contributed by atoms with Crippen molar-refractivity contribution < 1.29 is 9.59 Å². The van der Waals surface area contributed by atoms with E-state index in [0.29, 0.717) is 37.3 Å². The van der Waals surface area contributed by atoms with E-state index in [4.69, 9.17) is 0 Å². The van der Waals surface area contributed by atoms with Gasteiger partial charge in [-0.1, -0.05) is 72.8 Å². The summed E-state index contributed by atoms with van der Waals surface area (Å²) in [6.45, 7) is 3.64. The van der Waals surface area contributed by atoms with Gasteiger partial charge in [0.1, 0.15) is 0 Å². The maximum Gasteiger partial charge on any atom is 0.315 e. The van der Waals surface area contributed by atoms with Gasteiger partial charge in [-0.05, 0) is 161 Å². The second kappa shape index (κ2) is 17.3. The Morgan fingerprint density at radius 2 is 0.857 bits per heavy atom. The molecule has 4 amide bonds. The van der Waals surface area contributed by atoms with E-state index in [0.717, 1.165) is 50.4 Å². The molecule has 4 N–H and O–H groups in total. The molecule has 8 nitrogen and oxygen atoms in total. The van der Waals surface area contributed by atoms with E-state index < -0.39 is 0 Å². The molecule has 3 aromatic carbocycles. The summed E-state index contributed by atoms with van der Waals surface area (Å²) in [6, 6.07) is 29.8. The molecule has 4 bridgehead atoms. The lowest BCUT2D eigenvalue weighted by Crippen LogP contribution is -2.44. The van der Waals surface area contributed by atoms with Crippen LogP contribution in [0.2, 0.25) is 0 Å². The molecule has 0 radical (unpaired) electrons. The van der Waals surface area contributed by atoms with Gasteiger partial charge in [0.25, 0.3) is 0 Å². The van der Waals surface area contributed by atoms with Crippen molar-refractivity contribution in [3.63, 3.8) is 0 Å². The van der Waals surface area contributed by atoms with Crippen LogP contribution in [0.3, 0.4) is 0 Å². The summed E-state index contributed by atoms with van der Waals surface area (Å²) >= 11 is 0. The molecule has 2 aliphatic carbocycles. The highest BCUT2D eigenvalue weighted by Gasteiger charge is 2.44. The second-order valence-electron chi connectivity index (χ2n) is 18.1. The van der Waals surface area contributed by atoms with Crippen LogP contribution in [-0.2, 0) is 12.8 Å².